The summed E-state index contributed by atoms with van der Waals surface area (Å²) in [6.07, 6.45) is 7.21. The second kappa shape index (κ2) is 7.33. The van der Waals surface area contributed by atoms with Gasteiger partial charge in [-0.05, 0) is 12.1 Å². The fourth-order valence-electron chi connectivity index (χ4n) is 1.52. The molecule has 0 saturated carbocycles. The second-order valence-electron chi connectivity index (χ2n) is 3.88. The van der Waals surface area contributed by atoms with E-state index in [0.29, 0.717) is 0 Å². The number of halogens is 1. The molecular formula is C13H15ClN4O. The molecule has 5 nitrogen and oxygen atoms in total. The second-order valence-corrected chi connectivity index (χ2v) is 3.88. The molecule has 2 rings (SSSR count). The Labute approximate surface area is 118 Å². The van der Waals surface area contributed by atoms with E-state index in [9.17, 15) is 4.79 Å². The standard InChI is InChI=1S/C13H14N4O.ClH/c1-16-7-5-6-12(16)10-14-15-13(18)11-17-8-3-2-4-9-17;/h2-10H,11H2,1H3;1H. The SMILES string of the molecule is Cn1cccc1C=NNC(=O)C[n+]1ccccc1.[Cl-]. The van der Waals surface area contributed by atoms with Crippen molar-refractivity contribution in [2.45, 2.75) is 6.54 Å². The van der Waals surface area contributed by atoms with Crippen molar-refractivity contribution in [3.05, 3.63) is 54.6 Å². The molecule has 0 aliphatic heterocycles. The van der Waals surface area contributed by atoms with Crippen LogP contribution in [-0.4, -0.2) is 16.7 Å². The fraction of sp³-hybridized carbons (Fsp3) is 0.154. The predicted octanol–water partition coefficient (Wildman–Crippen LogP) is -2.53. The number of rotatable bonds is 4. The first-order chi connectivity index (χ1) is 8.75. The van der Waals surface area contributed by atoms with E-state index in [1.165, 1.54) is 0 Å². The minimum absolute atomic E-state index is 0. The van der Waals surface area contributed by atoms with Crippen molar-refractivity contribution in [1.82, 2.24) is 9.99 Å². The quantitative estimate of drug-likeness (QED) is 0.374. The molecule has 0 spiro atoms. The lowest BCUT2D eigenvalue weighted by atomic mass is 10.4. The maximum atomic E-state index is 11.6. The van der Waals surface area contributed by atoms with Crippen molar-refractivity contribution >= 4 is 12.1 Å². The number of hydrogen-bond donors (Lipinski definition) is 1. The molecule has 2 heterocycles. The lowest BCUT2D eigenvalue weighted by Gasteiger charge is -1.97. The molecule has 0 aliphatic rings. The molecule has 1 amide bonds. The molecule has 0 radical (unpaired) electrons. The molecule has 0 bridgehead atoms. The van der Waals surface area contributed by atoms with Gasteiger partial charge in [0.25, 0.3) is 0 Å². The highest BCUT2D eigenvalue weighted by Crippen LogP contribution is 1.94. The van der Waals surface area contributed by atoms with Crippen molar-refractivity contribution in [2.24, 2.45) is 12.1 Å². The zero-order chi connectivity index (χ0) is 12.8. The monoisotopic (exact) mass is 278 g/mol. The average molecular weight is 279 g/mol. The molecule has 6 heteroatoms. The summed E-state index contributed by atoms with van der Waals surface area (Å²) in [5, 5.41) is 3.91. The van der Waals surface area contributed by atoms with E-state index in [-0.39, 0.29) is 24.9 Å². The lowest BCUT2D eigenvalue weighted by Crippen LogP contribution is -3.00. The maximum absolute atomic E-state index is 11.6. The van der Waals surface area contributed by atoms with Crippen LogP contribution < -0.4 is 22.4 Å². The Kier molecular flexibility index (Phi) is 5.75. The molecule has 0 aliphatic carbocycles. The number of nitrogens with one attached hydrogen (secondary N) is 1. The molecule has 100 valence electrons. The van der Waals surface area contributed by atoms with Crippen LogP contribution in [0.4, 0.5) is 0 Å². The van der Waals surface area contributed by atoms with Crippen LogP contribution in [0.25, 0.3) is 0 Å². The highest BCUT2D eigenvalue weighted by molar-refractivity contribution is 5.80. The molecule has 0 aromatic carbocycles. The summed E-state index contributed by atoms with van der Waals surface area (Å²) in [6.45, 7) is 0.255. The molecule has 0 atom stereocenters. The molecule has 19 heavy (non-hydrogen) atoms. The summed E-state index contributed by atoms with van der Waals surface area (Å²) in [7, 11) is 1.92. The average Bonchev–Trinajstić information content (AvgIpc) is 2.76. The van der Waals surface area contributed by atoms with Gasteiger partial charge in [-0.1, -0.05) is 6.07 Å². The number of hydrogen-bond acceptors (Lipinski definition) is 2. The molecule has 1 N–H and O–H groups in total. The number of nitrogens with zero attached hydrogens (tertiary/aromatic N) is 3. The van der Waals surface area contributed by atoms with Gasteiger partial charge in [0.15, 0.2) is 12.4 Å². The third-order valence-electron chi connectivity index (χ3n) is 2.47. The summed E-state index contributed by atoms with van der Waals surface area (Å²) in [5.74, 6) is -0.156. The number of carbonyl (C=O) groups is 1. The number of aryl methyl sites for hydroxylation is 1. The number of pyridine rings is 1. The van der Waals surface area contributed by atoms with Crippen LogP contribution in [0.5, 0.6) is 0 Å². The van der Waals surface area contributed by atoms with E-state index >= 15 is 0 Å². The Bertz CT molecular complexity index is 551. The summed E-state index contributed by atoms with van der Waals surface area (Å²) in [4.78, 5) is 11.6. The van der Waals surface area contributed by atoms with Crippen LogP contribution in [0.2, 0.25) is 0 Å². The van der Waals surface area contributed by atoms with E-state index in [4.69, 9.17) is 0 Å². The first-order valence-electron chi connectivity index (χ1n) is 5.63. The Morgan fingerprint density at radius 1 is 1.37 bits per heavy atom. The van der Waals surface area contributed by atoms with Gasteiger partial charge in [0, 0.05) is 25.4 Å². The third kappa shape index (κ3) is 4.56. The Balaban J connectivity index is 0.00000180. The number of aromatic nitrogens is 2. The first kappa shape index (κ1) is 14.9. The molecule has 0 unspecified atom stereocenters. The Morgan fingerprint density at radius 2 is 2.11 bits per heavy atom. The molecule has 0 fully saturated rings. The summed E-state index contributed by atoms with van der Waals surface area (Å²) in [5.41, 5.74) is 3.43. The molecule has 2 aromatic rings. The van der Waals surface area contributed by atoms with Crippen molar-refractivity contribution in [1.29, 1.82) is 0 Å². The van der Waals surface area contributed by atoms with Gasteiger partial charge in [-0.15, -0.1) is 0 Å². The van der Waals surface area contributed by atoms with Gasteiger partial charge in [0.1, 0.15) is 0 Å². The summed E-state index contributed by atoms with van der Waals surface area (Å²) < 4.78 is 3.70. The summed E-state index contributed by atoms with van der Waals surface area (Å²) in [6, 6.07) is 9.49. The summed E-state index contributed by atoms with van der Waals surface area (Å²) >= 11 is 0. The van der Waals surface area contributed by atoms with Crippen LogP contribution >= 0.6 is 0 Å². The Morgan fingerprint density at radius 3 is 2.74 bits per heavy atom. The highest BCUT2D eigenvalue weighted by atomic mass is 35.5. The van der Waals surface area contributed by atoms with Crippen molar-refractivity contribution in [3.8, 4) is 0 Å². The van der Waals surface area contributed by atoms with E-state index in [2.05, 4.69) is 10.5 Å². The van der Waals surface area contributed by atoms with Gasteiger partial charge in [-0.25, -0.2) is 5.43 Å². The minimum atomic E-state index is -0.156. The number of amides is 1. The Hall–Kier alpha value is -2.14. The van der Waals surface area contributed by atoms with Gasteiger partial charge >= 0.3 is 5.91 Å². The smallest absolute Gasteiger partial charge is 0.305 e. The zero-order valence-corrected chi connectivity index (χ0v) is 11.3. The van der Waals surface area contributed by atoms with Gasteiger partial charge < -0.3 is 17.0 Å². The van der Waals surface area contributed by atoms with Gasteiger partial charge in [-0.3, -0.25) is 4.79 Å². The van der Waals surface area contributed by atoms with Gasteiger partial charge in [0.2, 0.25) is 6.54 Å². The van der Waals surface area contributed by atoms with Crippen molar-refractivity contribution in [3.63, 3.8) is 0 Å². The van der Waals surface area contributed by atoms with E-state index in [0.717, 1.165) is 5.69 Å². The van der Waals surface area contributed by atoms with E-state index in [1.807, 2.05) is 60.5 Å². The largest absolute Gasteiger partial charge is 1.00 e. The lowest BCUT2D eigenvalue weighted by molar-refractivity contribution is -0.684. The van der Waals surface area contributed by atoms with Crippen LogP contribution in [0.15, 0.2) is 54.0 Å². The third-order valence-corrected chi connectivity index (χ3v) is 2.47. The van der Waals surface area contributed by atoms with Crippen molar-refractivity contribution < 1.29 is 21.8 Å². The van der Waals surface area contributed by atoms with E-state index < -0.39 is 0 Å². The number of carbonyl (C=O) groups excluding carboxylic acids is 1. The maximum Gasteiger partial charge on any atom is 0.305 e. The minimum Gasteiger partial charge on any atom is -1.00 e. The predicted molar refractivity (Wildman–Crippen MR) is 67.8 cm³/mol. The van der Waals surface area contributed by atoms with Crippen molar-refractivity contribution in [2.75, 3.05) is 0 Å². The first-order valence-corrected chi connectivity index (χ1v) is 5.63. The van der Waals surface area contributed by atoms with E-state index in [1.54, 1.807) is 10.8 Å². The normalized spacial score (nSPS) is 10.2. The number of hydrazone groups is 1. The van der Waals surface area contributed by atoms with Crippen LogP contribution in [0.3, 0.4) is 0 Å². The zero-order valence-electron chi connectivity index (χ0n) is 10.5. The van der Waals surface area contributed by atoms with Gasteiger partial charge in [0.05, 0.1) is 11.9 Å². The topological polar surface area (TPSA) is 50.3 Å². The fourth-order valence-corrected chi connectivity index (χ4v) is 1.52. The molecular weight excluding hydrogens is 264 g/mol. The van der Waals surface area contributed by atoms with Gasteiger partial charge in [-0.2, -0.15) is 9.67 Å². The molecule has 2 aromatic heterocycles. The molecule has 0 saturated heterocycles. The van der Waals surface area contributed by atoms with Crippen LogP contribution in [0.1, 0.15) is 5.69 Å². The highest BCUT2D eigenvalue weighted by Gasteiger charge is 2.06. The van der Waals surface area contributed by atoms with Crippen LogP contribution in [-0.2, 0) is 18.4 Å². The van der Waals surface area contributed by atoms with Crippen LogP contribution in [0, 0.1) is 0 Å².